The van der Waals surface area contributed by atoms with E-state index in [9.17, 15) is 0 Å². The van der Waals surface area contributed by atoms with E-state index in [0.717, 1.165) is 17.1 Å². The van der Waals surface area contributed by atoms with Crippen molar-refractivity contribution in [3.05, 3.63) is 89.4 Å². The summed E-state index contributed by atoms with van der Waals surface area (Å²) in [6, 6.07) is 25.6. The fourth-order valence-electron chi connectivity index (χ4n) is 2.53. The molecule has 0 aliphatic carbocycles. The van der Waals surface area contributed by atoms with Gasteiger partial charge in [0.1, 0.15) is 5.75 Å². The maximum absolute atomic E-state index is 5.96. The minimum Gasteiger partial charge on any atom is -0.497 e. The number of anilines is 2. The molecule has 3 aromatic carbocycles. The van der Waals surface area contributed by atoms with Gasteiger partial charge in [0, 0.05) is 16.4 Å². The van der Waals surface area contributed by atoms with Crippen LogP contribution in [-0.4, -0.2) is 12.2 Å². The van der Waals surface area contributed by atoms with Gasteiger partial charge in [-0.25, -0.2) is 0 Å². The van der Waals surface area contributed by atoms with Gasteiger partial charge in [0.2, 0.25) is 0 Å². The molecule has 0 aromatic heterocycles. The Hall–Kier alpha value is -2.56. The second-order valence-electron chi connectivity index (χ2n) is 5.71. The molecular formula is C21H19ClN2OS. The van der Waals surface area contributed by atoms with Gasteiger partial charge in [0.15, 0.2) is 5.11 Å². The number of halogens is 1. The number of nitrogens with one attached hydrogen (secondary N) is 1. The van der Waals surface area contributed by atoms with Gasteiger partial charge in [-0.15, -0.1) is 0 Å². The van der Waals surface area contributed by atoms with Crippen molar-refractivity contribution >= 4 is 40.3 Å². The van der Waals surface area contributed by atoms with Crippen LogP contribution in [0, 0.1) is 0 Å². The van der Waals surface area contributed by atoms with Crippen LogP contribution in [0.5, 0.6) is 5.75 Å². The summed E-state index contributed by atoms with van der Waals surface area (Å²) in [6.07, 6.45) is 0. The number of nitrogens with zero attached hydrogens (tertiary/aromatic N) is 1. The van der Waals surface area contributed by atoms with E-state index >= 15 is 0 Å². The molecule has 0 radical (unpaired) electrons. The molecule has 0 atom stereocenters. The molecule has 0 unspecified atom stereocenters. The molecule has 0 saturated carbocycles. The molecule has 0 bridgehead atoms. The Morgan fingerprint density at radius 3 is 2.23 bits per heavy atom. The molecule has 3 rings (SSSR count). The first-order valence-corrected chi connectivity index (χ1v) is 8.96. The van der Waals surface area contributed by atoms with Crippen molar-refractivity contribution in [2.75, 3.05) is 17.3 Å². The quantitative estimate of drug-likeness (QED) is 0.567. The smallest absolute Gasteiger partial charge is 0.178 e. The highest BCUT2D eigenvalue weighted by molar-refractivity contribution is 7.80. The van der Waals surface area contributed by atoms with E-state index in [1.807, 2.05) is 66.7 Å². The molecule has 132 valence electrons. The molecule has 5 heteroatoms. The van der Waals surface area contributed by atoms with Gasteiger partial charge in [0.05, 0.1) is 13.7 Å². The molecule has 1 N–H and O–H groups in total. The van der Waals surface area contributed by atoms with Crippen LogP contribution in [-0.2, 0) is 6.54 Å². The van der Waals surface area contributed by atoms with Gasteiger partial charge in [-0.05, 0) is 66.3 Å². The maximum Gasteiger partial charge on any atom is 0.178 e. The molecule has 0 saturated heterocycles. The average Bonchev–Trinajstić information content (AvgIpc) is 2.69. The van der Waals surface area contributed by atoms with Crippen LogP contribution in [0.15, 0.2) is 78.9 Å². The van der Waals surface area contributed by atoms with Crippen molar-refractivity contribution in [3.8, 4) is 5.75 Å². The fraction of sp³-hybridized carbons (Fsp3) is 0.0952. The lowest BCUT2D eigenvalue weighted by Gasteiger charge is -2.26. The Labute approximate surface area is 164 Å². The zero-order valence-electron chi connectivity index (χ0n) is 14.4. The van der Waals surface area contributed by atoms with E-state index in [-0.39, 0.29) is 0 Å². The van der Waals surface area contributed by atoms with Crippen LogP contribution >= 0.6 is 23.8 Å². The van der Waals surface area contributed by atoms with E-state index < -0.39 is 0 Å². The third kappa shape index (κ3) is 4.75. The second-order valence-corrected chi connectivity index (χ2v) is 6.53. The molecule has 26 heavy (non-hydrogen) atoms. The van der Waals surface area contributed by atoms with Crippen molar-refractivity contribution in [2.24, 2.45) is 0 Å². The summed E-state index contributed by atoms with van der Waals surface area (Å²) in [4.78, 5) is 2.05. The largest absolute Gasteiger partial charge is 0.497 e. The monoisotopic (exact) mass is 382 g/mol. The van der Waals surface area contributed by atoms with Gasteiger partial charge < -0.3 is 15.0 Å². The number of benzene rings is 3. The summed E-state index contributed by atoms with van der Waals surface area (Å²) in [5.74, 6) is 0.810. The summed E-state index contributed by atoms with van der Waals surface area (Å²) in [6.45, 7) is 0.659. The van der Waals surface area contributed by atoms with Crippen LogP contribution in [0.2, 0.25) is 5.02 Å². The summed E-state index contributed by atoms with van der Waals surface area (Å²) in [5, 5.41) is 4.59. The van der Waals surface area contributed by atoms with E-state index in [1.54, 1.807) is 7.11 Å². The van der Waals surface area contributed by atoms with Gasteiger partial charge in [-0.1, -0.05) is 41.9 Å². The number of ether oxygens (including phenoxy) is 1. The third-order valence-corrected chi connectivity index (χ3v) is 4.48. The minimum absolute atomic E-state index is 0.612. The lowest BCUT2D eigenvalue weighted by Crippen LogP contribution is -2.34. The van der Waals surface area contributed by atoms with Gasteiger partial charge in [-0.2, -0.15) is 0 Å². The van der Waals surface area contributed by atoms with Crippen LogP contribution < -0.4 is 15.0 Å². The van der Waals surface area contributed by atoms with E-state index in [0.29, 0.717) is 16.7 Å². The van der Waals surface area contributed by atoms with E-state index in [1.165, 1.54) is 5.56 Å². The first-order valence-electron chi connectivity index (χ1n) is 8.18. The molecule has 0 heterocycles. The van der Waals surface area contributed by atoms with Crippen molar-refractivity contribution in [3.63, 3.8) is 0 Å². The average molecular weight is 383 g/mol. The topological polar surface area (TPSA) is 24.5 Å². The van der Waals surface area contributed by atoms with Crippen molar-refractivity contribution in [1.82, 2.24) is 0 Å². The van der Waals surface area contributed by atoms with Gasteiger partial charge >= 0.3 is 0 Å². The molecule has 0 aliphatic heterocycles. The Morgan fingerprint density at radius 2 is 1.62 bits per heavy atom. The molecular weight excluding hydrogens is 364 g/mol. The van der Waals surface area contributed by atoms with E-state index in [2.05, 4.69) is 22.3 Å². The number of methoxy groups -OCH3 is 1. The summed E-state index contributed by atoms with van der Waals surface area (Å²) >= 11 is 11.6. The molecule has 3 aromatic rings. The lowest BCUT2D eigenvalue weighted by molar-refractivity contribution is 0.415. The first kappa shape index (κ1) is 18.2. The fourth-order valence-corrected chi connectivity index (χ4v) is 2.95. The summed E-state index contributed by atoms with van der Waals surface area (Å²) < 4.78 is 5.26. The normalized spacial score (nSPS) is 10.2. The lowest BCUT2D eigenvalue weighted by atomic mass is 10.2. The summed E-state index contributed by atoms with van der Waals surface area (Å²) in [7, 11) is 1.66. The number of hydrogen-bond donors (Lipinski definition) is 1. The second kappa shape index (κ2) is 8.70. The Balaban J connectivity index is 1.85. The summed E-state index contributed by atoms with van der Waals surface area (Å²) in [5.41, 5.74) is 3.05. The minimum atomic E-state index is 0.612. The number of thiocarbonyl (C=S) groups is 1. The van der Waals surface area contributed by atoms with Crippen molar-refractivity contribution in [1.29, 1.82) is 0 Å². The first-order chi connectivity index (χ1) is 12.7. The molecule has 0 aliphatic rings. The van der Waals surface area contributed by atoms with Gasteiger partial charge in [0.25, 0.3) is 0 Å². The zero-order valence-corrected chi connectivity index (χ0v) is 15.9. The van der Waals surface area contributed by atoms with Crippen LogP contribution in [0.3, 0.4) is 0 Å². The molecule has 3 nitrogen and oxygen atoms in total. The predicted octanol–water partition coefficient (Wildman–Crippen LogP) is 5.75. The molecule has 0 amide bonds. The van der Waals surface area contributed by atoms with Crippen LogP contribution in [0.4, 0.5) is 11.4 Å². The maximum atomic E-state index is 5.96. The number of hydrogen-bond acceptors (Lipinski definition) is 2. The van der Waals surface area contributed by atoms with Crippen molar-refractivity contribution in [2.45, 2.75) is 6.54 Å². The van der Waals surface area contributed by atoms with Gasteiger partial charge in [-0.3, -0.25) is 0 Å². The van der Waals surface area contributed by atoms with Crippen LogP contribution in [0.1, 0.15) is 5.56 Å². The number of rotatable bonds is 5. The third-order valence-electron chi connectivity index (χ3n) is 3.91. The zero-order chi connectivity index (χ0) is 18.4. The Morgan fingerprint density at radius 1 is 0.962 bits per heavy atom. The Bertz CT molecular complexity index is 851. The predicted molar refractivity (Wildman–Crippen MR) is 113 cm³/mol. The highest BCUT2D eigenvalue weighted by Gasteiger charge is 2.13. The SMILES string of the molecule is COc1ccc(N(Cc2ccccc2)C(=S)Nc2ccc(Cl)cc2)cc1. The molecule has 0 spiro atoms. The van der Waals surface area contributed by atoms with Crippen LogP contribution in [0.25, 0.3) is 0 Å². The van der Waals surface area contributed by atoms with Crippen molar-refractivity contribution < 1.29 is 4.74 Å². The van der Waals surface area contributed by atoms with E-state index in [4.69, 9.17) is 28.6 Å². The standard InChI is InChI=1S/C21H19ClN2OS/c1-25-20-13-11-19(12-14-20)24(15-16-5-3-2-4-6-16)21(26)23-18-9-7-17(22)8-10-18/h2-14H,15H2,1H3,(H,23,26). The highest BCUT2D eigenvalue weighted by atomic mass is 35.5. The highest BCUT2D eigenvalue weighted by Crippen LogP contribution is 2.23. The molecule has 0 fully saturated rings. The Kier molecular flexibility index (Phi) is 6.10.